The minimum atomic E-state index is -2.70. The van der Waals surface area contributed by atoms with Crippen molar-refractivity contribution in [2.45, 2.75) is 438 Å². The number of morpholine rings is 1. The number of piperidine rings is 1. The first-order valence-corrected chi connectivity index (χ1v) is 43.0. The fraction of sp³-hybridized carbons (Fsp3) is 0.944. The Morgan fingerprint density at radius 2 is 0.618 bits per heavy atom. The molecule has 0 saturated carbocycles. The van der Waals surface area contributed by atoms with Crippen LogP contribution < -0.4 is 26.6 Å². The molecule has 21 heteroatoms. The number of nitrogens with one attached hydrogen (secondary N) is 5. The third-order valence-corrected chi connectivity index (χ3v) is 19.5. The number of aliphatic hydroxyl groups excluding tert-OH is 2. The van der Waals surface area contributed by atoms with E-state index < -0.39 is 19.0 Å². The molecule has 5 aliphatic rings. The van der Waals surface area contributed by atoms with E-state index in [9.17, 15) is 43.0 Å². The summed E-state index contributed by atoms with van der Waals surface area (Å²) in [5.74, 6) is -2.40. The summed E-state index contributed by atoms with van der Waals surface area (Å²) >= 11 is 0. The lowest BCUT2D eigenvalue weighted by atomic mass is 9.89. The number of carbonyl (C=O) groups is 5. The summed E-state index contributed by atoms with van der Waals surface area (Å²) in [6, 6.07) is -0.893. The molecule has 0 spiro atoms. The zero-order valence-corrected chi connectivity index (χ0v) is 76.6. The minimum Gasteiger partial charge on any atom is -0.456 e. The molecule has 5 rings (SSSR count). The van der Waals surface area contributed by atoms with Crippen molar-refractivity contribution in [3.8, 4) is 0 Å². The second-order valence-electron chi connectivity index (χ2n) is 44.1. The van der Waals surface area contributed by atoms with Crippen LogP contribution in [0, 0.1) is 27.1 Å². The van der Waals surface area contributed by atoms with Crippen molar-refractivity contribution in [3.05, 3.63) is 0 Å². The molecule has 0 aromatic rings. The van der Waals surface area contributed by atoms with E-state index in [1.807, 2.05) is 35.5 Å². The smallest absolute Gasteiger partial charge is 0.323 e. The summed E-state index contributed by atoms with van der Waals surface area (Å²) in [4.78, 5) is 70.0. The van der Waals surface area contributed by atoms with Gasteiger partial charge in [0.15, 0.2) is 0 Å². The Morgan fingerprint density at radius 1 is 0.364 bits per heavy atom. The van der Waals surface area contributed by atoms with Gasteiger partial charge in [-0.3, -0.25) is 29.3 Å². The molecular formula is C89H175F2N9O10. The number of carbonyl (C=O) groups excluding carboxylic acids is 5. The Balaban J connectivity index is 0.000000688. The summed E-state index contributed by atoms with van der Waals surface area (Å²) in [6.07, 6.45) is 22.5. The van der Waals surface area contributed by atoms with Crippen LogP contribution in [0.5, 0.6) is 0 Å². The number of ether oxygens (including phenoxy) is 3. The van der Waals surface area contributed by atoms with Crippen LogP contribution in [0.4, 0.5) is 8.78 Å². The van der Waals surface area contributed by atoms with E-state index in [-0.39, 0.29) is 111 Å². The van der Waals surface area contributed by atoms with Crippen LogP contribution in [-0.2, 0) is 38.2 Å². The Kier molecular flexibility index (Phi) is 45.1. The lowest BCUT2D eigenvalue weighted by molar-refractivity contribution is -0.175. The zero-order valence-electron chi connectivity index (χ0n) is 76.6. The minimum absolute atomic E-state index is 0.0450. The lowest BCUT2D eigenvalue weighted by Crippen LogP contribution is -2.63. The van der Waals surface area contributed by atoms with Crippen molar-refractivity contribution in [2.24, 2.45) is 27.1 Å². The van der Waals surface area contributed by atoms with Gasteiger partial charge in [-0.1, -0.05) is 168 Å². The van der Waals surface area contributed by atoms with Gasteiger partial charge in [0.25, 0.3) is 5.92 Å². The number of nitrogens with zero attached hydrogens (tertiary/aromatic N) is 4. The number of hydrogen-bond donors (Lipinski definition) is 7. The first-order valence-electron chi connectivity index (χ1n) is 43.0. The Bertz CT molecular complexity index is 2510. The maximum Gasteiger partial charge on any atom is 0.323 e. The van der Waals surface area contributed by atoms with E-state index >= 15 is 0 Å². The number of alkyl halides is 2. The van der Waals surface area contributed by atoms with Crippen molar-refractivity contribution in [2.75, 3.05) is 78.8 Å². The van der Waals surface area contributed by atoms with Gasteiger partial charge < -0.3 is 65.3 Å². The number of likely N-dealkylation sites (tertiary alicyclic amines) is 3. The van der Waals surface area contributed by atoms with Crippen LogP contribution >= 0.6 is 0 Å². The molecule has 0 aromatic carbocycles. The van der Waals surface area contributed by atoms with Crippen molar-refractivity contribution >= 4 is 29.6 Å². The van der Waals surface area contributed by atoms with Crippen molar-refractivity contribution in [1.82, 2.24) is 46.2 Å². The number of amides is 4. The first-order chi connectivity index (χ1) is 49.9. The van der Waals surface area contributed by atoms with E-state index in [2.05, 4.69) is 214 Å². The Labute approximate surface area is 673 Å². The summed E-state index contributed by atoms with van der Waals surface area (Å²) in [5.41, 5.74) is 1.24. The summed E-state index contributed by atoms with van der Waals surface area (Å²) in [5, 5.41) is 36.5. The molecule has 19 nitrogen and oxygen atoms in total. The van der Waals surface area contributed by atoms with Gasteiger partial charge in [-0.2, -0.15) is 0 Å². The van der Waals surface area contributed by atoms with Crippen LogP contribution in [0.3, 0.4) is 0 Å². The first kappa shape index (κ1) is 105. The quantitative estimate of drug-likeness (QED) is 0.0253. The third-order valence-electron chi connectivity index (χ3n) is 19.5. The monoisotopic (exact) mass is 1570 g/mol. The van der Waals surface area contributed by atoms with E-state index in [1.54, 1.807) is 0 Å². The normalized spacial score (nSPS) is 19.3. The van der Waals surface area contributed by atoms with E-state index in [0.29, 0.717) is 99.9 Å². The van der Waals surface area contributed by atoms with Gasteiger partial charge in [0.1, 0.15) is 12.1 Å². The molecule has 0 aromatic heterocycles. The number of esters is 1. The van der Waals surface area contributed by atoms with Crippen LogP contribution in [0.25, 0.3) is 0 Å². The number of β-amino-alcohol motifs (C(OH)–C–C–N with tert-alkyl or cyclic N) is 1. The average Bonchev–Trinajstić information content (AvgIpc) is 0.864. The molecule has 0 bridgehead atoms. The maximum absolute atomic E-state index is 13.0. The molecule has 4 amide bonds. The molecule has 5 saturated heterocycles. The third kappa shape index (κ3) is 53.9. The maximum atomic E-state index is 13.0. The standard InChI is InChI=1S/C19H38N2O2.2C18H36N2O2.C17H32F2N2O.C17H33NO3/c1-18(2,3)12-8-7-9-16(20-19(4,5)6)17(23)21-13-10-15(22)11-14-21;1-17(2,3)11-8-7-9-15(19-18(4,5)6)16(22)20-12-10-14(21)13-20;1-17(2,3)10-8-7-9-15(19-18(4,5)6)16(21)20-11-13-22-14-12-20;1-15(2,3)10-8-7-9-13(20-16(4,5)6)14(22)21-11-17(18,19)12-21;1-16(2,3)10-8-7-9-14(18-17(4,5)6)15(19)21-13-11-20-12-13/h15-16,20,22H,7-14H2,1-6H3;14-15,19,21H,7-13H2,1-6H3;15,19H,7-14H2,1-6H3;13,20H,7-12H2,1-6H3;13-14,18H,7-12H2,1-6H3. The van der Waals surface area contributed by atoms with E-state index in [0.717, 1.165) is 103 Å². The second-order valence-corrected chi connectivity index (χ2v) is 44.1. The van der Waals surface area contributed by atoms with Gasteiger partial charge in [-0.15, -0.1) is 0 Å². The SMILES string of the molecule is CC(C)(C)CCCCC(NC(C)(C)C)C(=O)N1CC(F)(F)C1.CC(C)(C)CCCCC(NC(C)(C)C)C(=O)N1CCC(O)C1.CC(C)(C)CCCCC(NC(C)(C)C)C(=O)N1CCC(O)CC1.CC(C)(C)CCCCC(NC(C)(C)C)C(=O)N1CCOCC1.CC(C)(C)CCCCC(NC(C)(C)C)C(=O)OC1COC1. The molecule has 0 radical (unpaired) electrons. The molecule has 6 atom stereocenters. The highest BCUT2D eigenvalue weighted by Crippen LogP contribution is 2.31. The highest BCUT2D eigenvalue weighted by Gasteiger charge is 2.48. The fourth-order valence-electron chi connectivity index (χ4n) is 13.8. The Morgan fingerprint density at radius 3 is 0.873 bits per heavy atom. The topological polar surface area (TPSA) is 227 Å². The van der Waals surface area contributed by atoms with Crippen LogP contribution in [-0.4, -0.2) is 220 Å². The van der Waals surface area contributed by atoms with Crippen LogP contribution in [0.15, 0.2) is 0 Å². The molecule has 7 N–H and O–H groups in total. The number of unbranched alkanes of at least 4 members (excludes halogenated alkanes) is 5. The van der Waals surface area contributed by atoms with E-state index in [1.165, 1.54) is 37.0 Å². The predicted octanol–water partition coefficient (Wildman–Crippen LogP) is 16.6. The number of rotatable bonds is 31. The molecule has 650 valence electrons. The highest BCUT2D eigenvalue weighted by molar-refractivity contribution is 5.84. The van der Waals surface area contributed by atoms with Gasteiger partial charge in [0.05, 0.1) is 75.9 Å². The molecule has 110 heavy (non-hydrogen) atoms. The summed E-state index contributed by atoms with van der Waals surface area (Å²) < 4.78 is 41.8. The van der Waals surface area contributed by atoms with Gasteiger partial charge in [-0.25, -0.2) is 8.78 Å². The average molecular weight is 1570 g/mol. The number of hydrogen-bond acceptors (Lipinski definition) is 15. The summed E-state index contributed by atoms with van der Waals surface area (Å²) in [6.45, 7) is 70.5. The summed E-state index contributed by atoms with van der Waals surface area (Å²) in [7, 11) is 0. The van der Waals surface area contributed by atoms with E-state index in [4.69, 9.17) is 14.2 Å². The van der Waals surface area contributed by atoms with Gasteiger partial charge >= 0.3 is 5.97 Å². The lowest BCUT2D eigenvalue weighted by Gasteiger charge is -2.41. The molecule has 5 fully saturated rings. The fourth-order valence-corrected chi connectivity index (χ4v) is 13.8. The second kappa shape index (κ2) is 47.3. The predicted molar refractivity (Wildman–Crippen MR) is 452 cm³/mol. The zero-order chi connectivity index (χ0) is 84.7. The number of aliphatic hydroxyl groups is 2. The Hall–Kier alpha value is -3.15. The van der Waals surface area contributed by atoms with Crippen LogP contribution in [0.1, 0.15) is 355 Å². The molecule has 6 unspecified atom stereocenters. The van der Waals surface area contributed by atoms with Gasteiger partial charge in [0, 0.05) is 67.0 Å². The molecule has 0 aliphatic carbocycles. The molecule has 5 aliphatic heterocycles. The van der Waals surface area contributed by atoms with Crippen LogP contribution in [0.2, 0.25) is 0 Å². The van der Waals surface area contributed by atoms with Crippen molar-refractivity contribution in [3.63, 3.8) is 0 Å². The largest absolute Gasteiger partial charge is 0.456 e. The molecule has 5 heterocycles. The molecular weight excluding hydrogens is 1390 g/mol. The highest BCUT2D eigenvalue weighted by atomic mass is 19.3. The van der Waals surface area contributed by atoms with Crippen molar-refractivity contribution in [1.29, 1.82) is 0 Å². The van der Waals surface area contributed by atoms with Crippen molar-refractivity contribution < 1.29 is 57.2 Å². The van der Waals surface area contributed by atoms with Gasteiger partial charge in [0.2, 0.25) is 23.6 Å². The number of halogens is 2. The van der Waals surface area contributed by atoms with Gasteiger partial charge in [-0.05, 0) is 214 Å².